The van der Waals surface area contributed by atoms with Gasteiger partial charge in [0.25, 0.3) is 5.91 Å². The van der Waals surface area contributed by atoms with Crippen LogP contribution in [0.4, 0.5) is 11.5 Å². The Morgan fingerprint density at radius 1 is 1.20 bits per heavy atom. The summed E-state index contributed by atoms with van der Waals surface area (Å²) in [4.78, 5) is 19.7. The number of nitrogen functional groups attached to an aromatic ring is 1. The summed E-state index contributed by atoms with van der Waals surface area (Å²) in [6.45, 7) is 1.32. The molecule has 2 aromatic heterocycles. The first-order valence-electron chi connectivity index (χ1n) is 6.39. The number of amides is 1. The molecule has 0 aliphatic carbocycles. The number of aromatic nitrogens is 2. The molecule has 6 heteroatoms. The van der Waals surface area contributed by atoms with E-state index in [9.17, 15) is 4.79 Å². The Bertz CT molecular complexity index is 541. The molecule has 2 heterocycles. The van der Waals surface area contributed by atoms with E-state index in [1.807, 2.05) is 6.07 Å². The highest BCUT2D eigenvalue weighted by atomic mass is 16.1. The molecule has 104 valence electrons. The molecule has 6 nitrogen and oxygen atoms in total. The molecular formula is C14H17N5O. The molecule has 0 atom stereocenters. The monoisotopic (exact) mass is 271 g/mol. The lowest BCUT2D eigenvalue weighted by Crippen LogP contribution is -2.25. The summed E-state index contributed by atoms with van der Waals surface area (Å²) < 4.78 is 0. The van der Waals surface area contributed by atoms with E-state index in [0.717, 1.165) is 18.8 Å². The number of nitrogens with zero attached hydrogens (tertiary/aromatic N) is 2. The molecule has 0 fully saturated rings. The molecule has 0 unspecified atom stereocenters. The predicted molar refractivity (Wildman–Crippen MR) is 78.3 cm³/mol. The molecule has 0 spiro atoms. The Labute approximate surface area is 117 Å². The van der Waals surface area contributed by atoms with E-state index in [0.29, 0.717) is 17.8 Å². The fourth-order valence-electron chi connectivity index (χ4n) is 1.62. The normalized spacial score (nSPS) is 10.0. The van der Waals surface area contributed by atoms with Crippen LogP contribution in [0.25, 0.3) is 0 Å². The van der Waals surface area contributed by atoms with E-state index in [1.54, 1.807) is 36.8 Å². The maximum atomic E-state index is 11.7. The van der Waals surface area contributed by atoms with E-state index in [2.05, 4.69) is 20.6 Å². The molecule has 0 aromatic carbocycles. The van der Waals surface area contributed by atoms with E-state index in [-0.39, 0.29) is 5.91 Å². The van der Waals surface area contributed by atoms with E-state index >= 15 is 0 Å². The fourth-order valence-corrected chi connectivity index (χ4v) is 1.62. The lowest BCUT2D eigenvalue weighted by Gasteiger charge is -2.07. The van der Waals surface area contributed by atoms with Crippen LogP contribution in [-0.4, -0.2) is 29.0 Å². The minimum Gasteiger partial charge on any atom is -0.397 e. The van der Waals surface area contributed by atoms with Crippen LogP contribution in [0.2, 0.25) is 0 Å². The maximum absolute atomic E-state index is 11.7. The molecule has 0 aliphatic heterocycles. The summed E-state index contributed by atoms with van der Waals surface area (Å²) in [7, 11) is 0. The van der Waals surface area contributed by atoms with Crippen LogP contribution in [0.3, 0.4) is 0 Å². The largest absolute Gasteiger partial charge is 0.397 e. The third-order valence-electron chi connectivity index (χ3n) is 2.66. The second-order valence-corrected chi connectivity index (χ2v) is 4.25. The van der Waals surface area contributed by atoms with Crippen LogP contribution < -0.4 is 16.4 Å². The Morgan fingerprint density at radius 3 is 2.80 bits per heavy atom. The average Bonchev–Trinajstić information content (AvgIpc) is 2.49. The van der Waals surface area contributed by atoms with Gasteiger partial charge in [0.05, 0.1) is 17.4 Å². The van der Waals surface area contributed by atoms with Crippen LogP contribution in [0.5, 0.6) is 0 Å². The van der Waals surface area contributed by atoms with E-state index in [1.165, 1.54) is 0 Å². The molecule has 2 aromatic rings. The molecule has 0 aliphatic rings. The van der Waals surface area contributed by atoms with E-state index in [4.69, 9.17) is 5.73 Å². The Hall–Kier alpha value is -2.63. The van der Waals surface area contributed by atoms with Gasteiger partial charge < -0.3 is 16.4 Å². The topological polar surface area (TPSA) is 92.9 Å². The Kier molecular flexibility index (Phi) is 4.88. The quantitative estimate of drug-likeness (QED) is 0.688. The lowest BCUT2D eigenvalue weighted by molar-refractivity contribution is 0.0953. The van der Waals surface area contributed by atoms with Gasteiger partial charge in [-0.1, -0.05) is 0 Å². The number of hydrogen-bond acceptors (Lipinski definition) is 5. The highest BCUT2D eigenvalue weighted by molar-refractivity contribution is 5.93. The van der Waals surface area contributed by atoms with Gasteiger partial charge in [0, 0.05) is 25.5 Å². The number of nitrogens with one attached hydrogen (secondary N) is 2. The van der Waals surface area contributed by atoms with Crippen molar-refractivity contribution in [3.63, 3.8) is 0 Å². The maximum Gasteiger partial charge on any atom is 0.252 e. The Morgan fingerprint density at radius 2 is 2.10 bits per heavy atom. The number of hydrogen-bond donors (Lipinski definition) is 3. The van der Waals surface area contributed by atoms with Crippen LogP contribution in [0.1, 0.15) is 16.8 Å². The first kappa shape index (κ1) is 13.8. The standard InChI is InChI=1S/C14H17N5O/c15-12-4-5-13(19-10-12)17-7-2-8-18-14(20)11-3-1-6-16-9-11/h1,3-6,9-10H,2,7-8,15H2,(H,17,19)(H,18,20). The van der Waals surface area contributed by atoms with Gasteiger partial charge in [0.15, 0.2) is 0 Å². The van der Waals surface area contributed by atoms with Crippen molar-refractivity contribution >= 4 is 17.4 Å². The third-order valence-corrected chi connectivity index (χ3v) is 2.66. The molecule has 0 radical (unpaired) electrons. The number of carbonyl (C=O) groups excluding carboxylic acids is 1. The van der Waals surface area contributed by atoms with Gasteiger partial charge in [0.2, 0.25) is 0 Å². The highest BCUT2D eigenvalue weighted by Gasteiger charge is 2.03. The molecule has 20 heavy (non-hydrogen) atoms. The summed E-state index contributed by atoms with van der Waals surface area (Å²) in [5, 5.41) is 5.99. The van der Waals surface area contributed by atoms with Crippen molar-refractivity contribution in [1.29, 1.82) is 0 Å². The SMILES string of the molecule is Nc1ccc(NCCCNC(=O)c2cccnc2)nc1. The first-order valence-corrected chi connectivity index (χ1v) is 6.39. The molecule has 2 rings (SSSR count). The number of carbonyl (C=O) groups is 1. The fraction of sp³-hybridized carbons (Fsp3) is 0.214. The van der Waals surface area contributed by atoms with Crippen LogP contribution in [0, 0.1) is 0 Å². The van der Waals surface area contributed by atoms with Crippen LogP contribution >= 0.6 is 0 Å². The van der Waals surface area contributed by atoms with Crippen molar-refractivity contribution in [3.05, 3.63) is 48.4 Å². The van der Waals surface area contributed by atoms with Gasteiger partial charge >= 0.3 is 0 Å². The molecule has 1 amide bonds. The van der Waals surface area contributed by atoms with Gasteiger partial charge in [0.1, 0.15) is 5.82 Å². The van der Waals surface area contributed by atoms with Crippen LogP contribution in [0.15, 0.2) is 42.9 Å². The highest BCUT2D eigenvalue weighted by Crippen LogP contribution is 2.05. The second-order valence-electron chi connectivity index (χ2n) is 4.25. The summed E-state index contributed by atoms with van der Waals surface area (Å²) in [6.07, 6.45) is 5.59. The molecule has 0 saturated heterocycles. The van der Waals surface area contributed by atoms with Gasteiger partial charge in [-0.15, -0.1) is 0 Å². The van der Waals surface area contributed by atoms with Crippen LogP contribution in [-0.2, 0) is 0 Å². The minimum absolute atomic E-state index is 0.108. The molecule has 0 saturated carbocycles. The zero-order valence-corrected chi connectivity index (χ0v) is 11.0. The number of anilines is 2. The molecule has 4 N–H and O–H groups in total. The van der Waals surface area contributed by atoms with E-state index < -0.39 is 0 Å². The van der Waals surface area contributed by atoms with Gasteiger partial charge in [-0.05, 0) is 30.7 Å². The first-order chi connectivity index (χ1) is 9.75. The zero-order chi connectivity index (χ0) is 14.2. The minimum atomic E-state index is -0.108. The number of pyridine rings is 2. The van der Waals surface area contributed by atoms with Gasteiger partial charge in [-0.3, -0.25) is 9.78 Å². The number of rotatable bonds is 6. The van der Waals surface area contributed by atoms with Crippen molar-refractivity contribution in [1.82, 2.24) is 15.3 Å². The predicted octanol–water partition coefficient (Wildman–Crippen LogP) is 1.29. The summed E-state index contributed by atoms with van der Waals surface area (Å²) >= 11 is 0. The van der Waals surface area contributed by atoms with Crippen molar-refractivity contribution < 1.29 is 4.79 Å². The van der Waals surface area contributed by atoms with Crippen molar-refractivity contribution in [2.75, 3.05) is 24.1 Å². The lowest BCUT2D eigenvalue weighted by atomic mass is 10.2. The zero-order valence-electron chi connectivity index (χ0n) is 11.0. The van der Waals surface area contributed by atoms with Crippen molar-refractivity contribution in [2.24, 2.45) is 0 Å². The van der Waals surface area contributed by atoms with Gasteiger partial charge in [-0.2, -0.15) is 0 Å². The van der Waals surface area contributed by atoms with Gasteiger partial charge in [-0.25, -0.2) is 4.98 Å². The summed E-state index contributed by atoms with van der Waals surface area (Å²) in [6, 6.07) is 7.09. The Balaban J connectivity index is 1.64. The van der Waals surface area contributed by atoms with Crippen molar-refractivity contribution in [2.45, 2.75) is 6.42 Å². The average molecular weight is 271 g/mol. The number of nitrogens with two attached hydrogens (primary N) is 1. The molecule has 0 bridgehead atoms. The third kappa shape index (κ3) is 4.24. The molecular weight excluding hydrogens is 254 g/mol. The summed E-state index contributed by atoms with van der Waals surface area (Å²) in [5.41, 5.74) is 6.76. The summed E-state index contributed by atoms with van der Waals surface area (Å²) in [5.74, 6) is 0.668. The second kappa shape index (κ2) is 7.08. The smallest absolute Gasteiger partial charge is 0.252 e. The van der Waals surface area contributed by atoms with Crippen molar-refractivity contribution in [3.8, 4) is 0 Å².